The zero-order valence-electron chi connectivity index (χ0n) is 11.2. The molecule has 0 aliphatic rings. The molecule has 0 unspecified atom stereocenters. The van der Waals surface area contributed by atoms with E-state index in [9.17, 15) is 9.90 Å². The van der Waals surface area contributed by atoms with Crippen LogP contribution in [-0.2, 0) is 0 Å². The summed E-state index contributed by atoms with van der Waals surface area (Å²) in [6.45, 7) is 1.73. The summed E-state index contributed by atoms with van der Waals surface area (Å²) in [7, 11) is 0. The zero-order chi connectivity index (χ0) is 15.6. The molecule has 0 aromatic heterocycles. The first-order valence-electron chi connectivity index (χ1n) is 6.09. The Kier molecular flexibility index (Phi) is 4.59. The van der Waals surface area contributed by atoms with Crippen molar-refractivity contribution in [3.05, 3.63) is 57.6 Å². The number of hydrogen-bond donors (Lipinski definition) is 3. The van der Waals surface area contributed by atoms with Gasteiger partial charge in [-0.2, -0.15) is 0 Å². The molecule has 2 aromatic carbocycles. The van der Waals surface area contributed by atoms with Crippen molar-refractivity contribution in [3.8, 4) is 5.75 Å². The molecule has 2 rings (SSSR count). The predicted octanol–water partition coefficient (Wildman–Crippen LogP) is 3.35. The monoisotopic (exact) mass is 364 g/mol. The quantitative estimate of drug-likeness (QED) is 0.730. The lowest BCUT2D eigenvalue weighted by Gasteiger charge is -2.12. The number of nitrogens with two attached hydrogens (primary N) is 1. The van der Waals surface area contributed by atoms with E-state index in [2.05, 4.69) is 21.2 Å². The molecule has 0 bridgehead atoms. The van der Waals surface area contributed by atoms with Gasteiger partial charge < -0.3 is 16.2 Å². The van der Waals surface area contributed by atoms with E-state index in [0.29, 0.717) is 16.8 Å². The van der Waals surface area contributed by atoms with Gasteiger partial charge in [-0.1, -0.05) is 40.3 Å². The fraction of sp³-hybridized carbons (Fsp3) is 0.0667. The molecular formula is C15H13BrN2O2S. The third kappa shape index (κ3) is 3.40. The number of aryl methyl sites for hydroxylation is 1. The van der Waals surface area contributed by atoms with Gasteiger partial charge in [-0.15, -0.1) is 0 Å². The summed E-state index contributed by atoms with van der Waals surface area (Å²) in [6.07, 6.45) is 0. The second-order valence-electron chi connectivity index (χ2n) is 4.48. The number of aromatic hydroxyl groups is 1. The minimum atomic E-state index is -0.424. The van der Waals surface area contributed by atoms with Crippen LogP contribution in [0.15, 0.2) is 40.9 Å². The average Bonchev–Trinajstić information content (AvgIpc) is 2.41. The molecular weight excluding hydrogens is 352 g/mol. The highest BCUT2D eigenvalue weighted by molar-refractivity contribution is 9.10. The van der Waals surface area contributed by atoms with Gasteiger partial charge in [0.1, 0.15) is 10.7 Å². The molecule has 0 radical (unpaired) electrons. The molecule has 0 saturated heterocycles. The highest BCUT2D eigenvalue weighted by Gasteiger charge is 2.15. The summed E-state index contributed by atoms with van der Waals surface area (Å²) in [5.74, 6) is -0.464. The molecule has 6 heteroatoms. The Morgan fingerprint density at radius 2 is 2.00 bits per heavy atom. The van der Waals surface area contributed by atoms with Gasteiger partial charge in [0.05, 0.1) is 11.3 Å². The highest BCUT2D eigenvalue weighted by Crippen LogP contribution is 2.25. The van der Waals surface area contributed by atoms with Crippen molar-refractivity contribution in [3.63, 3.8) is 0 Å². The lowest BCUT2D eigenvalue weighted by molar-refractivity contribution is 0.102. The number of nitrogens with one attached hydrogen (secondary N) is 1. The van der Waals surface area contributed by atoms with Crippen LogP contribution in [0.4, 0.5) is 5.69 Å². The minimum Gasteiger partial charge on any atom is -0.507 e. The van der Waals surface area contributed by atoms with Gasteiger partial charge in [-0.05, 0) is 36.8 Å². The maximum atomic E-state index is 12.3. The molecule has 0 atom stereocenters. The van der Waals surface area contributed by atoms with E-state index in [1.807, 2.05) is 0 Å². The van der Waals surface area contributed by atoms with Gasteiger partial charge >= 0.3 is 0 Å². The molecule has 0 aliphatic heterocycles. The Balaban J connectivity index is 2.38. The van der Waals surface area contributed by atoms with Gasteiger partial charge in [-0.3, -0.25) is 4.79 Å². The lowest BCUT2D eigenvalue weighted by atomic mass is 10.1. The standard InChI is InChI=1S/C15H13BrN2O2S/c1-8-3-2-4-11(13(8)19)15(20)18-12-7-9(16)5-6-10(12)14(17)21/h2-7,19H,1H3,(H2,17,21)(H,18,20). The Hall–Kier alpha value is -1.92. The Bertz CT molecular complexity index is 732. The van der Waals surface area contributed by atoms with Crippen LogP contribution in [0.3, 0.4) is 0 Å². The second-order valence-corrected chi connectivity index (χ2v) is 5.83. The topological polar surface area (TPSA) is 75.4 Å². The van der Waals surface area contributed by atoms with Crippen molar-refractivity contribution in [1.29, 1.82) is 0 Å². The summed E-state index contributed by atoms with van der Waals surface area (Å²) < 4.78 is 0.784. The maximum Gasteiger partial charge on any atom is 0.259 e. The third-order valence-electron chi connectivity index (χ3n) is 2.98. The van der Waals surface area contributed by atoms with E-state index in [4.69, 9.17) is 18.0 Å². The van der Waals surface area contributed by atoms with E-state index in [-0.39, 0.29) is 16.3 Å². The fourth-order valence-electron chi connectivity index (χ4n) is 1.87. The van der Waals surface area contributed by atoms with Gasteiger partial charge in [-0.25, -0.2) is 0 Å². The molecule has 0 fully saturated rings. The van der Waals surface area contributed by atoms with E-state index < -0.39 is 5.91 Å². The number of phenols is 1. The van der Waals surface area contributed by atoms with Gasteiger partial charge in [0.15, 0.2) is 0 Å². The van der Waals surface area contributed by atoms with E-state index >= 15 is 0 Å². The van der Waals surface area contributed by atoms with Crippen LogP contribution < -0.4 is 11.1 Å². The number of thiocarbonyl (C=S) groups is 1. The van der Waals surface area contributed by atoms with E-state index in [1.165, 1.54) is 0 Å². The second kappa shape index (κ2) is 6.24. The third-order valence-corrected chi connectivity index (χ3v) is 3.69. The Morgan fingerprint density at radius 3 is 2.67 bits per heavy atom. The molecule has 4 nitrogen and oxygen atoms in total. The summed E-state index contributed by atoms with van der Waals surface area (Å²) in [6, 6.07) is 10.2. The first-order valence-corrected chi connectivity index (χ1v) is 7.29. The Morgan fingerprint density at radius 1 is 1.29 bits per heavy atom. The number of phenolic OH excluding ortho intramolecular Hbond substituents is 1. The van der Waals surface area contributed by atoms with Crippen molar-refractivity contribution in [2.75, 3.05) is 5.32 Å². The fourth-order valence-corrected chi connectivity index (χ4v) is 2.41. The Labute approximate surface area is 136 Å². The summed E-state index contributed by atoms with van der Waals surface area (Å²) in [4.78, 5) is 12.5. The van der Waals surface area contributed by atoms with Crippen molar-refractivity contribution < 1.29 is 9.90 Å². The maximum absolute atomic E-state index is 12.3. The van der Waals surface area contributed by atoms with Gasteiger partial charge in [0.25, 0.3) is 5.91 Å². The number of amides is 1. The lowest BCUT2D eigenvalue weighted by Crippen LogP contribution is -2.18. The van der Waals surface area contributed by atoms with Crippen LogP contribution in [0.2, 0.25) is 0 Å². The number of para-hydroxylation sites is 1. The zero-order valence-corrected chi connectivity index (χ0v) is 13.6. The molecule has 1 amide bonds. The molecule has 4 N–H and O–H groups in total. The van der Waals surface area contributed by atoms with Crippen LogP contribution in [0, 0.1) is 6.92 Å². The molecule has 108 valence electrons. The van der Waals surface area contributed by atoms with Crippen molar-refractivity contribution in [1.82, 2.24) is 0 Å². The average molecular weight is 365 g/mol. The molecule has 0 spiro atoms. The van der Waals surface area contributed by atoms with Crippen molar-refractivity contribution in [2.24, 2.45) is 5.73 Å². The number of rotatable bonds is 3. The minimum absolute atomic E-state index is 0.0399. The number of carbonyl (C=O) groups excluding carboxylic acids is 1. The SMILES string of the molecule is Cc1cccc(C(=O)Nc2cc(Br)ccc2C(N)=S)c1O. The first-order chi connectivity index (χ1) is 9.90. The summed E-state index contributed by atoms with van der Waals surface area (Å²) in [5.41, 5.74) is 7.53. The molecule has 0 heterocycles. The summed E-state index contributed by atoms with van der Waals surface area (Å²) in [5, 5.41) is 12.7. The first kappa shape index (κ1) is 15.5. The number of hydrogen-bond acceptors (Lipinski definition) is 3. The van der Waals surface area contributed by atoms with E-state index in [0.717, 1.165) is 4.47 Å². The molecule has 0 aliphatic carbocycles. The predicted molar refractivity (Wildman–Crippen MR) is 90.8 cm³/mol. The van der Waals surface area contributed by atoms with Crippen LogP contribution in [-0.4, -0.2) is 16.0 Å². The number of anilines is 1. The molecule has 21 heavy (non-hydrogen) atoms. The van der Waals surface area contributed by atoms with Crippen LogP contribution in [0.5, 0.6) is 5.75 Å². The van der Waals surface area contributed by atoms with Crippen LogP contribution in [0.1, 0.15) is 21.5 Å². The van der Waals surface area contributed by atoms with E-state index in [1.54, 1.807) is 43.3 Å². The number of benzene rings is 2. The normalized spacial score (nSPS) is 10.2. The van der Waals surface area contributed by atoms with Crippen LogP contribution >= 0.6 is 28.1 Å². The number of carbonyl (C=O) groups is 1. The number of halogens is 1. The highest BCUT2D eigenvalue weighted by atomic mass is 79.9. The largest absolute Gasteiger partial charge is 0.507 e. The van der Waals surface area contributed by atoms with Crippen molar-refractivity contribution >= 4 is 44.7 Å². The molecule has 2 aromatic rings. The van der Waals surface area contributed by atoms with Gasteiger partial charge in [0.2, 0.25) is 0 Å². The summed E-state index contributed by atoms with van der Waals surface area (Å²) >= 11 is 8.30. The molecule has 0 saturated carbocycles. The smallest absolute Gasteiger partial charge is 0.259 e. The van der Waals surface area contributed by atoms with Gasteiger partial charge in [0, 0.05) is 10.0 Å². The van der Waals surface area contributed by atoms with Crippen molar-refractivity contribution in [2.45, 2.75) is 6.92 Å². The van der Waals surface area contributed by atoms with Crippen LogP contribution in [0.25, 0.3) is 0 Å².